The molecule has 69 valence electrons. The largest absolute Gasteiger partial charge is 0.375 e. The van der Waals surface area contributed by atoms with Crippen LogP contribution >= 0.6 is 0 Å². The summed E-state index contributed by atoms with van der Waals surface area (Å²) in [7, 11) is 1.08. The van der Waals surface area contributed by atoms with Gasteiger partial charge in [-0.25, -0.2) is 0 Å². The first-order valence-corrected chi connectivity index (χ1v) is 5.92. The molecule has 1 fully saturated rings. The predicted octanol–water partition coefficient (Wildman–Crippen LogP) is 1.21. The van der Waals surface area contributed by atoms with Gasteiger partial charge in [-0.15, -0.1) is 0 Å². The van der Waals surface area contributed by atoms with Gasteiger partial charge in [-0.1, -0.05) is 24.3 Å². The van der Waals surface area contributed by atoms with E-state index in [4.69, 9.17) is 4.74 Å². The first kappa shape index (κ1) is 8.97. The van der Waals surface area contributed by atoms with Gasteiger partial charge in [-0.3, -0.25) is 0 Å². The maximum Gasteiger partial charge on any atom is 0.0723 e. The Morgan fingerprint density at radius 2 is 2.08 bits per heavy atom. The predicted molar refractivity (Wildman–Crippen MR) is 56.7 cm³/mol. The fraction of sp³-hybridized carbons (Fsp3) is 0.455. The van der Waals surface area contributed by atoms with Gasteiger partial charge >= 0.3 is 0 Å². The monoisotopic (exact) mass is 191 g/mol. The van der Waals surface area contributed by atoms with E-state index in [1.54, 1.807) is 0 Å². The van der Waals surface area contributed by atoms with Crippen LogP contribution < -0.4 is 0 Å². The first-order valence-electron chi connectivity index (χ1n) is 4.92. The second-order valence-electron chi connectivity index (χ2n) is 3.83. The van der Waals surface area contributed by atoms with E-state index in [9.17, 15) is 0 Å². The molecule has 1 aliphatic rings. The van der Waals surface area contributed by atoms with Crippen LogP contribution in [0.25, 0.3) is 0 Å². The number of hydrogen-bond donors (Lipinski definition) is 0. The molecule has 1 aromatic rings. The van der Waals surface area contributed by atoms with Gasteiger partial charge in [0, 0.05) is 16.8 Å². The van der Waals surface area contributed by atoms with Crippen LogP contribution in [0.3, 0.4) is 0 Å². The molecule has 2 rings (SSSR count). The Balaban J connectivity index is 2.23. The van der Waals surface area contributed by atoms with Crippen LogP contribution in [0.4, 0.5) is 0 Å². The number of hydrogen-bond acceptors (Lipinski definition) is 1. The quantitative estimate of drug-likeness (QED) is 0.606. The molecule has 1 saturated heterocycles. The van der Waals surface area contributed by atoms with Crippen molar-refractivity contribution in [3.63, 3.8) is 0 Å². The van der Waals surface area contributed by atoms with Crippen molar-refractivity contribution in [1.82, 2.24) is 0 Å². The highest BCUT2D eigenvalue weighted by atomic mass is 28.1. The molecule has 1 atom stereocenters. The van der Waals surface area contributed by atoms with Gasteiger partial charge in [0.25, 0.3) is 0 Å². The molecule has 0 bridgehead atoms. The molecular formula is C11H15OSi. The Bertz CT molecular complexity index is 265. The summed E-state index contributed by atoms with van der Waals surface area (Å²) in [6.45, 7) is 0.933. The lowest BCUT2D eigenvalue weighted by Crippen LogP contribution is -2.33. The van der Waals surface area contributed by atoms with Crippen molar-refractivity contribution in [3.05, 3.63) is 35.9 Å². The van der Waals surface area contributed by atoms with E-state index in [1.165, 1.54) is 24.8 Å². The fourth-order valence-corrected chi connectivity index (χ4v) is 2.79. The molecule has 1 aromatic carbocycles. The van der Waals surface area contributed by atoms with Crippen LogP contribution in [0, 0.1) is 6.07 Å². The van der Waals surface area contributed by atoms with Crippen molar-refractivity contribution in [3.8, 4) is 0 Å². The summed E-state index contributed by atoms with van der Waals surface area (Å²) >= 11 is 0. The van der Waals surface area contributed by atoms with Crippen LogP contribution in [0.2, 0.25) is 0 Å². The molecule has 1 nitrogen and oxygen atoms in total. The first-order chi connectivity index (χ1) is 6.31. The second-order valence-corrected chi connectivity index (χ2v) is 5.44. The van der Waals surface area contributed by atoms with Crippen LogP contribution in [0.1, 0.15) is 24.8 Å². The Kier molecular flexibility index (Phi) is 2.51. The van der Waals surface area contributed by atoms with Crippen LogP contribution in [-0.4, -0.2) is 16.8 Å². The van der Waals surface area contributed by atoms with E-state index in [0.717, 1.165) is 16.8 Å². The summed E-state index contributed by atoms with van der Waals surface area (Å²) in [5.41, 5.74) is 1.35. The van der Waals surface area contributed by atoms with Crippen LogP contribution in [0.15, 0.2) is 24.3 Å². The van der Waals surface area contributed by atoms with Crippen molar-refractivity contribution in [1.29, 1.82) is 0 Å². The molecule has 0 aromatic heterocycles. The maximum absolute atomic E-state index is 5.90. The van der Waals surface area contributed by atoms with Crippen molar-refractivity contribution in [2.45, 2.75) is 24.5 Å². The topological polar surface area (TPSA) is 9.23 Å². The van der Waals surface area contributed by atoms with E-state index in [2.05, 4.69) is 18.2 Å². The normalized spacial score (nSPS) is 28.9. The van der Waals surface area contributed by atoms with Gasteiger partial charge in [0.15, 0.2) is 0 Å². The highest BCUT2D eigenvalue weighted by Gasteiger charge is 2.28. The van der Waals surface area contributed by atoms with Crippen molar-refractivity contribution in [2.24, 2.45) is 0 Å². The summed E-state index contributed by atoms with van der Waals surface area (Å²) in [6.07, 6.45) is 3.73. The standard InChI is InChI=1S/C11H15OSi/c13-11(8-4-5-9-12-11)10-6-2-1-3-7-10/h2-3,6-7H,4-5,8-9H2,13H3. The summed E-state index contributed by atoms with van der Waals surface area (Å²) in [5, 5.41) is 0.0906. The zero-order valence-corrected chi connectivity index (χ0v) is 10.0. The van der Waals surface area contributed by atoms with Crippen molar-refractivity contribution >= 4 is 10.2 Å². The molecule has 0 amide bonds. The number of benzene rings is 1. The summed E-state index contributed by atoms with van der Waals surface area (Å²) in [6, 6.07) is 11.3. The second kappa shape index (κ2) is 3.64. The van der Waals surface area contributed by atoms with Crippen LogP contribution in [-0.2, 0) is 9.96 Å². The minimum Gasteiger partial charge on any atom is -0.375 e. The van der Waals surface area contributed by atoms with E-state index in [-0.39, 0.29) is 5.22 Å². The third-order valence-corrected chi connectivity index (χ3v) is 4.16. The molecule has 1 unspecified atom stereocenters. The van der Waals surface area contributed by atoms with Gasteiger partial charge in [0.1, 0.15) is 0 Å². The molecular weight excluding hydrogens is 176 g/mol. The lowest BCUT2D eigenvalue weighted by atomic mass is 10.0. The molecule has 0 N–H and O–H groups in total. The van der Waals surface area contributed by atoms with Crippen molar-refractivity contribution < 1.29 is 4.74 Å². The summed E-state index contributed by atoms with van der Waals surface area (Å²) < 4.78 is 5.90. The Hall–Kier alpha value is -0.603. The Labute approximate surface area is 82.5 Å². The number of ether oxygens (including phenoxy) is 1. The molecule has 0 saturated carbocycles. The minimum atomic E-state index is 0.0906. The van der Waals surface area contributed by atoms with Crippen LogP contribution in [0.5, 0.6) is 0 Å². The van der Waals surface area contributed by atoms with Gasteiger partial charge < -0.3 is 4.74 Å². The smallest absolute Gasteiger partial charge is 0.0723 e. The SMILES string of the molecule is [SiH3]C1(c2cc[c]cc2)CCCCO1. The summed E-state index contributed by atoms with van der Waals surface area (Å²) in [5.74, 6) is 0. The average Bonchev–Trinajstić information content (AvgIpc) is 2.20. The van der Waals surface area contributed by atoms with E-state index in [0.29, 0.717) is 0 Å². The average molecular weight is 191 g/mol. The molecule has 0 spiro atoms. The van der Waals surface area contributed by atoms with Gasteiger partial charge in [-0.2, -0.15) is 0 Å². The zero-order valence-electron chi connectivity index (χ0n) is 8.05. The molecule has 0 aliphatic carbocycles. The Morgan fingerprint density at radius 3 is 2.69 bits per heavy atom. The van der Waals surface area contributed by atoms with E-state index >= 15 is 0 Å². The summed E-state index contributed by atoms with van der Waals surface area (Å²) in [4.78, 5) is 0. The highest BCUT2D eigenvalue weighted by Crippen LogP contribution is 2.31. The van der Waals surface area contributed by atoms with Gasteiger partial charge in [0.2, 0.25) is 0 Å². The van der Waals surface area contributed by atoms with Gasteiger partial charge in [-0.05, 0) is 30.9 Å². The molecule has 2 heteroatoms. The molecule has 13 heavy (non-hydrogen) atoms. The van der Waals surface area contributed by atoms with Crippen molar-refractivity contribution in [2.75, 3.05) is 6.61 Å². The molecule has 1 aliphatic heterocycles. The van der Waals surface area contributed by atoms with Gasteiger partial charge in [0.05, 0.1) is 5.22 Å². The minimum absolute atomic E-state index is 0.0906. The van der Waals surface area contributed by atoms with E-state index in [1.807, 2.05) is 12.1 Å². The van der Waals surface area contributed by atoms with E-state index < -0.39 is 0 Å². The third kappa shape index (κ3) is 1.84. The molecule has 1 heterocycles. The Morgan fingerprint density at radius 1 is 1.31 bits per heavy atom. The zero-order chi connectivity index (χ0) is 9.15. The number of rotatable bonds is 1. The lowest BCUT2D eigenvalue weighted by molar-refractivity contribution is -0.0210. The third-order valence-electron chi connectivity index (χ3n) is 2.80. The molecule has 1 radical (unpaired) electrons. The maximum atomic E-state index is 5.90. The fourth-order valence-electron chi connectivity index (χ4n) is 1.90. The lowest BCUT2D eigenvalue weighted by Gasteiger charge is -2.34. The highest BCUT2D eigenvalue weighted by molar-refractivity contribution is 6.14.